The molecule has 0 unspecified atom stereocenters. The lowest BCUT2D eigenvalue weighted by Crippen LogP contribution is -2.23. The number of amides is 1. The minimum Gasteiger partial charge on any atom is -0.494 e. The van der Waals surface area contributed by atoms with Gasteiger partial charge < -0.3 is 15.8 Å². The van der Waals surface area contributed by atoms with Crippen molar-refractivity contribution in [3.05, 3.63) is 46.2 Å². The van der Waals surface area contributed by atoms with E-state index in [-0.39, 0.29) is 5.91 Å². The normalized spacial score (nSPS) is 10.1. The van der Waals surface area contributed by atoms with Crippen molar-refractivity contribution in [1.82, 2.24) is 5.32 Å². The molecule has 0 aliphatic heterocycles. The van der Waals surface area contributed by atoms with E-state index in [1.54, 1.807) is 29.5 Å². The molecule has 0 aliphatic carbocycles. The predicted octanol–water partition coefficient (Wildman–Crippen LogP) is 2.27. The molecule has 0 saturated carbocycles. The number of methoxy groups -OCH3 is 1. The van der Waals surface area contributed by atoms with E-state index in [4.69, 9.17) is 10.5 Å². The first-order valence-electron chi connectivity index (χ1n) is 5.44. The fourth-order valence-electron chi connectivity index (χ4n) is 1.63. The van der Waals surface area contributed by atoms with Gasteiger partial charge in [0.1, 0.15) is 0 Å². The molecule has 18 heavy (non-hydrogen) atoms. The number of thiophene rings is 1. The molecular formula is C13H14N2O2S. The molecule has 4 nitrogen and oxygen atoms in total. The zero-order valence-electron chi connectivity index (χ0n) is 9.97. The van der Waals surface area contributed by atoms with Crippen molar-refractivity contribution in [2.45, 2.75) is 6.54 Å². The van der Waals surface area contributed by atoms with E-state index in [1.807, 2.05) is 16.8 Å². The van der Waals surface area contributed by atoms with Gasteiger partial charge in [-0.15, -0.1) is 0 Å². The van der Waals surface area contributed by atoms with Crippen molar-refractivity contribution in [2.75, 3.05) is 12.8 Å². The van der Waals surface area contributed by atoms with Gasteiger partial charge in [-0.05, 0) is 34.5 Å². The van der Waals surface area contributed by atoms with Crippen LogP contribution in [0.25, 0.3) is 0 Å². The number of carbonyl (C=O) groups excluding carboxylic acids is 1. The molecule has 1 heterocycles. The second kappa shape index (κ2) is 5.55. The molecule has 1 aromatic carbocycles. The number of anilines is 1. The van der Waals surface area contributed by atoms with E-state index in [0.29, 0.717) is 23.5 Å². The van der Waals surface area contributed by atoms with Gasteiger partial charge in [0.15, 0.2) is 5.75 Å². The average Bonchev–Trinajstić information content (AvgIpc) is 2.88. The Labute approximate surface area is 109 Å². The number of nitrogens with two attached hydrogens (primary N) is 1. The Balaban J connectivity index is 2.11. The third-order valence-corrected chi connectivity index (χ3v) is 3.26. The quantitative estimate of drug-likeness (QED) is 0.831. The Kier molecular flexibility index (Phi) is 3.84. The maximum absolute atomic E-state index is 12.0. The zero-order chi connectivity index (χ0) is 13.0. The van der Waals surface area contributed by atoms with Crippen LogP contribution in [0.15, 0.2) is 35.0 Å². The van der Waals surface area contributed by atoms with Gasteiger partial charge in [0.05, 0.1) is 18.4 Å². The third kappa shape index (κ3) is 2.62. The monoisotopic (exact) mass is 262 g/mol. The van der Waals surface area contributed by atoms with Gasteiger partial charge >= 0.3 is 0 Å². The molecule has 0 saturated heterocycles. The first kappa shape index (κ1) is 12.4. The van der Waals surface area contributed by atoms with Gasteiger partial charge in [0.25, 0.3) is 5.91 Å². The average molecular weight is 262 g/mol. The summed E-state index contributed by atoms with van der Waals surface area (Å²) in [5.74, 6) is 0.227. The van der Waals surface area contributed by atoms with Crippen LogP contribution in [0.4, 0.5) is 5.69 Å². The van der Waals surface area contributed by atoms with Gasteiger partial charge in [0.2, 0.25) is 0 Å². The Morgan fingerprint density at radius 3 is 2.94 bits per heavy atom. The highest BCUT2D eigenvalue weighted by Gasteiger charge is 2.13. The number of ether oxygens (including phenoxy) is 1. The van der Waals surface area contributed by atoms with Crippen LogP contribution in [0.1, 0.15) is 15.9 Å². The van der Waals surface area contributed by atoms with E-state index in [1.165, 1.54) is 7.11 Å². The van der Waals surface area contributed by atoms with Crippen molar-refractivity contribution in [3.8, 4) is 5.75 Å². The van der Waals surface area contributed by atoms with Gasteiger partial charge in [-0.3, -0.25) is 4.79 Å². The molecule has 0 bridgehead atoms. The second-order valence-corrected chi connectivity index (χ2v) is 4.52. The summed E-state index contributed by atoms with van der Waals surface area (Å²) in [6.07, 6.45) is 0. The van der Waals surface area contributed by atoms with Crippen molar-refractivity contribution in [1.29, 1.82) is 0 Å². The molecule has 1 aromatic heterocycles. The molecule has 0 atom stereocenters. The molecule has 0 aliphatic rings. The number of rotatable bonds is 4. The van der Waals surface area contributed by atoms with Crippen molar-refractivity contribution in [2.24, 2.45) is 0 Å². The Hall–Kier alpha value is -2.01. The summed E-state index contributed by atoms with van der Waals surface area (Å²) in [6, 6.07) is 7.10. The fourth-order valence-corrected chi connectivity index (χ4v) is 2.30. The van der Waals surface area contributed by atoms with Gasteiger partial charge in [0, 0.05) is 6.54 Å². The number of hydrogen-bond donors (Lipinski definition) is 2. The molecule has 2 rings (SSSR count). The number of carbonyl (C=O) groups is 1. The molecular weight excluding hydrogens is 248 g/mol. The maximum Gasteiger partial charge on any atom is 0.255 e. The van der Waals surface area contributed by atoms with E-state index in [9.17, 15) is 4.79 Å². The summed E-state index contributed by atoms with van der Waals surface area (Å²) in [5.41, 5.74) is 7.75. The highest BCUT2D eigenvalue weighted by molar-refractivity contribution is 7.07. The third-order valence-electron chi connectivity index (χ3n) is 2.53. The van der Waals surface area contributed by atoms with Crippen LogP contribution in [-0.2, 0) is 6.54 Å². The summed E-state index contributed by atoms with van der Waals surface area (Å²) in [6.45, 7) is 0.500. The number of nitrogens with one attached hydrogen (secondary N) is 1. The van der Waals surface area contributed by atoms with Crippen molar-refractivity contribution >= 4 is 22.9 Å². The lowest BCUT2D eigenvalue weighted by atomic mass is 10.1. The summed E-state index contributed by atoms with van der Waals surface area (Å²) in [4.78, 5) is 12.0. The maximum atomic E-state index is 12.0. The molecule has 0 radical (unpaired) electrons. The largest absolute Gasteiger partial charge is 0.494 e. The Morgan fingerprint density at radius 1 is 1.44 bits per heavy atom. The van der Waals surface area contributed by atoms with Crippen LogP contribution >= 0.6 is 11.3 Å². The number of nitrogen functional groups attached to an aromatic ring is 1. The Morgan fingerprint density at radius 2 is 2.28 bits per heavy atom. The van der Waals surface area contributed by atoms with Crippen LogP contribution in [0.3, 0.4) is 0 Å². The first-order chi connectivity index (χ1) is 8.72. The molecule has 2 aromatic rings. The highest BCUT2D eigenvalue weighted by atomic mass is 32.1. The standard InChI is InChI=1S/C13H14N2O2S/c1-17-12-10(3-2-4-11(12)14)13(16)15-7-9-5-6-18-8-9/h2-6,8H,7,14H2,1H3,(H,15,16). The van der Waals surface area contributed by atoms with Crippen LogP contribution in [0, 0.1) is 0 Å². The van der Waals surface area contributed by atoms with E-state index in [2.05, 4.69) is 5.32 Å². The molecule has 0 fully saturated rings. The van der Waals surface area contributed by atoms with Gasteiger partial charge in [-0.25, -0.2) is 0 Å². The van der Waals surface area contributed by atoms with E-state index >= 15 is 0 Å². The van der Waals surface area contributed by atoms with Crippen LogP contribution in [0.2, 0.25) is 0 Å². The van der Waals surface area contributed by atoms with Crippen LogP contribution < -0.4 is 15.8 Å². The summed E-state index contributed by atoms with van der Waals surface area (Å²) >= 11 is 1.60. The Bertz CT molecular complexity index is 538. The summed E-state index contributed by atoms with van der Waals surface area (Å²) < 4.78 is 5.15. The zero-order valence-corrected chi connectivity index (χ0v) is 10.8. The predicted molar refractivity (Wildman–Crippen MR) is 72.9 cm³/mol. The number of benzene rings is 1. The lowest BCUT2D eigenvalue weighted by molar-refractivity contribution is 0.0948. The number of para-hydroxylation sites is 1. The topological polar surface area (TPSA) is 64.3 Å². The first-order valence-corrected chi connectivity index (χ1v) is 6.38. The SMILES string of the molecule is COc1c(N)cccc1C(=O)NCc1ccsc1. The fraction of sp³-hybridized carbons (Fsp3) is 0.154. The number of hydrogen-bond acceptors (Lipinski definition) is 4. The highest BCUT2D eigenvalue weighted by Crippen LogP contribution is 2.25. The minimum absolute atomic E-state index is 0.189. The smallest absolute Gasteiger partial charge is 0.255 e. The van der Waals surface area contributed by atoms with Crippen LogP contribution in [-0.4, -0.2) is 13.0 Å². The lowest BCUT2D eigenvalue weighted by Gasteiger charge is -2.10. The molecule has 3 N–H and O–H groups in total. The minimum atomic E-state index is -0.189. The summed E-state index contributed by atoms with van der Waals surface area (Å²) in [5, 5.41) is 6.81. The van der Waals surface area contributed by atoms with Crippen molar-refractivity contribution in [3.63, 3.8) is 0 Å². The van der Waals surface area contributed by atoms with Gasteiger partial charge in [-0.1, -0.05) is 6.07 Å². The van der Waals surface area contributed by atoms with E-state index in [0.717, 1.165) is 5.56 Å². The van der Waals surface area contributed by atoms with Crippen molar-refractivity contribution < 1.29 is 9.53 Å². The van der Waals surface area contributed by atoms with Crippen LogP contribution in [0.5, 0.6) is 5.75 Å². The van der Waals surface area contributed by atoms with Gasteiger partial charge in [-0.2, -0.15) is 11.3 Å². The molecule has 5 heteroatoms. The second-order valence-electron chi connectivity index (χ2n) is 3.74. The summed E-state index contributed by atoms with van der Waals surface area (Å²) in [7, 11) is 1.50. The molecule has 0 spiro atoms. The molecule has 94 valence electrons. The van der Waals surface area contributed by atoms with E-state index < -0.39 is 0 Å². The molecule has 1 amide bonds.